The second kappa shape index (κ2) is 13.1. The topological polar surface area (TPSA) is 127 Å². The van der Waals surface area contributed by atoms with Crippen LogP contribution in [0.25, 0.3) is 16.3 Å². The number of rotatable bonds is 7. The van der Waals surface area contributed by atoms with E-state index in [4.69, 9.17) is 14.4 Å². The van der Waals surface area contributed by atoms with Gasteiger partial charge >= 0.3 is 0 Å². The summed E-state index contributed by atoms with van der Waals surface area (Å²) in [5.41, 5.74) is 4.06. The summed E-state index contributed by atoms with van der Waals surface area (Å²) in [7, 11) is 0. The Morgan fingerprint density at radius 2 is 1.55 bits per heavy atom. The van der Waals surface area contributed by atoms with Crippen molar-refractivity contribution < 1.29 is 18.8 Å². The third-order valence-electron chi connectivity index (χ3n) is 8.88. The van der Waals surface area contributed by atoms with Crippen LogP contribution in [0.15, 0.2) is 150 Å². The second-order valence-corrected chi connectivity index (χ2v) is 15.5. The standard InChI is InChI=1S/C40H25N5O5S3/c1-22-33(35(46)42-24-12-6-3-7-13-24)34(23-10-4-2-5-11-23)45-38(49)31(51-39(45)41-22)21-26-17-19-32(50-26)53-40-43-29-18-16-25(20-30(29)52-40)44-36(47)27-14-8-9-15-28(27)37(44)48/h2-21,34H,1H3,(H,42,46)/b31-21-/t34-/m0/s1. The summed E-state index contributed by atoms with van der Waals surface area (Å²) >= 11 is 3.98. The van der Waals surface area contributed by atoms with Gasteiger partial charge in [0, 0.05) is 11.8 Å². The van der Waals surface area contributed by atoms with Gasteiger partial charge in [-0.05, 0) is 78.8 Å². The average Bonchev–Trinajstić information content (AvgIpc) is 3.92. The number of carbonyl (C=O) groups excluding carboxylic acids is 3. The third-order valence-corrected chi connectivity index (χ3v) is 11.9. The number of aromatic nitrogens is 2. The molecule has 0 saturated heterocycles. The van der Waals surface area contributed by atoms with Gasteiger partial charge in [0.25, 0.3) is 23.3 Å². The zero-order chi connectivity index (χ0) is 36.2. The Morgan fingerprint density at radius 3 is 2.28 bits per heavy atom. The van der Waals surface area contributed by atoms with Gasteiger partial charge in [-0.3, -0.25) is 23.7 Å². The number of hydrogen-bond acceptors (Lipinski definition) is 10. The molecule has 1 atom stereocenters. The van der Waals surface area contributed by atoms with Crippen molar-refractivity contribution in [1.82, 2.24) is 9.55 Å². The van der Waals surface area contributed by atoms with E-state index < -0.39 is 6.04 Å². The number of allylic oxidation sites excluding steroid dienone is 1. The highest BCUT2D eigenvalue weighted by Gasteiger charge is 2.36. The molecule has 3 amide bonds. The van der Waals surface area contributed by atoms with Crippen molar-refractivity contribution in [2.45, 2.75) is 22.4 Å². The minimum absolute atomic E-state index is 0.286. The van der Waals surface area contributed by atoms with Gasteiger partial charge < -0.3 is 9.73 Å². The number of nitrogens with zero attached hydrogens (tertiary/aromatic N) is 4. The maximum absolute atomic E-state index is 14.1. The molecule has 0 unspecified atom stereocenters. The first-order chi connectivity index (χ1) is 25.8. The van der Waals surface area contributed by atoms with E-state index in [-0.39, 0.29) is 23.3 Å². The Bertz CT molecular complexity index is 2820. The molecule has 258 valence electrons. The molecular weight excluding hydrogens is 727 g/mol. The number of imide groups is 1. The zero-order valence-corrected chi connectivity index (χ0v) is 30.1. The highest BCUT2D eigenvalue weighted by Crippen LogP contribution is 2.38. The van der Waals surface area contributed by atoms with E-state index in [2.05, 4.69) is 5.32 Å². The zero-order valence-electron chi connectivity index (χ0n) is 27.7. The lowest BCUT2D eigenvalue weighted by atomic mass is 9.95. The molecule has 2 aliphatic rings. The number of nitrogens with one attached hydrogen (secondary N) is 1. The van der Waals surface area contributed by atoms with Gasteiger partial charge in [0.1, 0.15) is 5.76 Å². The van der Waals surface area contributed by atoms with Crippen molar-refractivity contribution >= 4 is 79.8 Å². The number of thiazole rings is 2. The number of benzene rings is 4. The molecule has 53 heavy (non-hydrogen) atoms. The monoisotopic (exact) mass is 751 g/mol. The van der Waals surface area contributed by atoms with Crippen molar-refractivity contribution in [3.63, 3.8) is 0 Å². The van der Waals surface area contributed by atoms with Crippen molar-refractivity contribution in [3.05, 3.63) is 169 Å². The van der Waals surface area contributed by atoms with Crippen LogP contribution in [-0.2, 0) is 4.79 Å². The fourth-order valence-corrected chi connectivity index (χ4v) is 9.49. The summed E-state index contributed by atoms with van der Waals surface area (Å²) in [6.07, 6.45) is 1.69. The van der Waals surface area contributed by atoms with Crippen LogP contribution < -0.4 is 25.1 Å². The maximum atomic E-state index is 14.1. The molecule has 10 nitrogen and oxygen atoms in total. The molecule has 9 rings (SSSR count). The van der Waals surface area contributed by atoms with Crippen LogP contribution in [0.4, 0.5) is 11.4 Å². The fourth-order valence-electron chi connectivity index (χ4n) is 6.46. The van der Waals surface area contributed by atoms with E-state index >= 15 is 0 Å². The van der Waals surface area contributed by atoms with Crippen molar-refractivity contribution in [3.8, 4) is 0 Å². The molecular formula is C40H25N5O5S3. The number of fused-ring (bicyclic) bond motifs is 3. The van der Waals surface area contributed by atoms with E-state index in [0.717, 1.165) is 15.8 Å². The third kappa shape index (κ3) is 5.84. The van der Waals surface area contributed by atoms with Crippen LogP contribution in [0.2, 0.25) is 0 Å². The number of amides is 3. The van der Waals surface area contributed by atoms with Crippen molar-refractivity contribution in [2.75, 3.05) is 10.2 Å². The summed E-state index contributed by atoms with van der Waals surface area (Å²) in [6, 6.07) is 33.7. The Balaban J connectivity index is 0.995. The molecule has 0 saturated carbocycles. The highest BCUT2D eigenvalue weighted by atomic mass is 32.2. The molecule has 0 radical (unpaired) electrons. The van der Waals surface area contributed by atoms with Crippen molar-refractivity contribution in [1.29, 1.82) is 0 Å². The van der Waals surface area contributed by atoms with Gasteiger partial charge in [-0.15, -0.1) is 11.3 Å². The molecule has 7 aromatic rings. The SMILES string of the molecule is CC1=C(C(=O)Nc2ccccc2)[C@H](c2ccccc2)n2c(s/c(=C\c3ccc(Sc4nc5ccc(N6C(=O)c7ccccc7C6=O)cc5s4)o3)c2=O)=N1. The number of anilines is 2. The largest absolute Gasteiger partial charge is 0.450 e. The number of carbonyl (C=O) groups is 3. The van der Waals surface area contributed by atoms with Crippen LogP contribution in [-0.4, -0.2) is 27.3 Å². The first-order valence-electron chi connectivity index (χ1n) is 16.4. The highest BCUT2D eigenvalue weighted by molar-refractivity contribution is 8.01. The first kappa shape index (κ1) is 32.7. The smallest absolute Gasteiger partial charge is 0.271 e. The molecule has 1 N–H and O–H groups in total. The van der Waals surface area contributed by atoms with Gasteiger partial charge in [-0.2, -0.15) is 0 Å². The van der Waals surface area contributed by atoms with Crippen LogP contribution in [0.3, 0.4) is 0 Å². The molecule has 4 aromatic carbocycles. The van der Waals surface area contributed by atoms with Crippen LogP contribution in [0.1, 0.15) is 45.0 Å². The van der Waals surface area contributed by atoms with Gasteiger partial charge in [0.15, 0.2) is 14.2 Å². The number of para-hydroxylation sites is 1. The minimum atomic E-state index is -0.683. The second-order valence-electron chi connectivity index (χ2n) is 12.2. The summed E-state index contributed by atoms with van der Waals surface area (Å²) in [5, 5.41) is 3.54. The molecule has 0 bridgehead atoms. The summed E-state index contributed by atoms with van der Waals surface area (Å²) < 4.78 is 9.64. The Labute approximate surface area is 313 Å². The molecule has 2 aliphatic heterocycles. The van der Waals surface area contributed by atoms with Gasteiger partial charge in [0.2, 0.25) is 0 Å². The predicted octanol–water partition coefficient (Wildman–Crippen LogP) is 7.03. The maximum Gasteiger partial charge on any atom is 0.271 e. The fraction of sp³-hybridized carbons (Fsp3) is 0.0500. The van der Waals surface area contributed by atoms with E-state index in [1.807, 2.05) is 66.7 Å². The minimum Gasteiger partial charge on any atom is -0.450 e. The van der Waals surface area contributed by atoms with Crippen LogP contribution in [0, 0.1) is 0 Å². The molecule has 0 aliphatic carbocycles. The lowest BCUT2D eigenvalue weighted by Crippen LogP contribution is -2.40. The van der Waals surface area contributed by atoms with Crippen LogP contribution in [0.5, 0.6) is 0 Å². The van der Waals surface area contributed by atoms with E-state index in [1.54, 1.807) is 66.1 Å². The molecule has 0 spiro atoms. The predicted molar refractivity (Wildman–Crippen MR) is 205 cm³/mol. The molecule has 13 heteroatoms. The summed E-state index contributed by atoms with van der Waals surface area (Å²) in [6.45, 7) is 1.79. The normalized spacial score (nSPS) is 15.5. The summed E-state index contributed by atoms with van der Waals surface area (Å²) in [4.78, 5) is 65.0. The summed E-state index contributed by atoms with van der Waals surface area (Å²) in [5.74, 6) is -0.553. The van der Waals surface area contributed by atoms with E-state index in [9.17, 15) is 19.2 Å². The van der Waals surface area contributed by atoms with Gasteiger partial charge in [-0.25, -0.2) is 14.9 Å². The van der Waals surface area contributed by atoms with E-state index in [1.165, 1.54) is 39.3 Å². The lowest BCUT2D eigenvalue weighted by Gasteiger charge is -2.25. The van der Waals surface area contributed by atoms with Gasteiger partial charge in [-0.1, -0.05) is 72.0 Å². The lowest BCUT2D eigenvalue weighted by molar-refractivity contribution is -0.113. The molecule has 0 fully saturated rings. The Morgan fingerprint density at radius 1 is 0.849 bits per heavy atom. The van der Waals surface area contributed by atoms with E-state index in [0.29, 0.717) is 58.3 Å². The first-order valence-corrected chi connectivity index (χ1v) is 18.9. The number of furan rings is 1. The molecule has 3 aromatic heterocycles. The Hall–Kier alpha value is -6.15. The quantitative estimate of drug-likeness (QED) is 0.173. The average molecular weight is 752 g/mol. The van der Waals surface area contributed by atoms with Crippen molar-refractivity contribution in [2.24, 2.45) is 4.99 Å². The number of hydrogen-bond donors (Lipinski definition) is 1. The van der Waals surface area contributed by atoms with Gasteiger partial charge in [0.05, 0.1) is 48.9 Å². The van der Waals surface area contributed by atoms with Crippen LogP contribution >= 0.6 is 34.4 Å². The Kier molecular flexibility index (Phi) is 8.10. The molecule has 5 heterocycles.